The van der Waals surface area contributed by atoms with E-state index >= 15 is 0 Å². The summed E-state index contributed by atoms with van der Waals surface area (Å²) < 4.78 is 5.36. The zero-order valence-corrected chi connectivity index (χ0v) is 9.64. The standard InChI is InChI=1S/C10H19NO6/c1-11-7-5(4-17-11)3-16-10(9(7)15)8(14)6(13)2-12/h5-10,12-15H,2-4H2,1H3/t5-,6+,7-,8+,9+,10-/m0/s1. The minimum absolute atomic E-state index is 0.0599. The lowest BCUT2D eigenvalue weighted by atomic mass is 9.87. The number of nitrogens with zero attached hydrogens (tertiary/aromatic N) is 1. The smallest absolute Gasteiger partial charge is 0.113 e. The van der Waals surface area contributed by atoms with Gasteiger partial charge in [-0.1, -0.05) is 0 Å². The van der Waals surface area contributed by atoms with Gasteiger partial charge in [0.15, 0.2) is 0 Å². The van der Waals surface area contributed by atoms with Crippen LogP contribution in [0.4, 0.5) is 0 Å². The van der Waals surface area contributed by atoms with Crippen molar-refractivity contribution in [2.75, 3.05) is 26.9 Å². The van der Waals surface area contributed by atoms with E-state index in [0.717, 1.165) is 0 Å². The average molecular weight is 249 g/mol. The highest BCUT2D eigenvalue weighted by molar-refractivity contribution is 4.97. The van der Waals surface area contributed by atoms with Crippen LogP contribution in [0.3, 0.4) is 0 Å². The van der Waals surface area contributed by atoms with Crippen LogP contribution in [-0.4, -0.2) is 82.8 Å². The number of fused-ring (bicyclic) bond motifs is 1. The number of hydrogen-bond donors (Lipinski definition) is 4. The molecule has 0 aromatic rings. The second-order valence-electron chi connectivity index (χ2n) is 4.62. The molecule has 0 bridgehead atoms. The molecule has 17 heavy (non-hydrogen) atoms. The molecule has 2 aliphatic rings. The molecule has 100 valence electrons. The van der Waals surface area contributed by atoms with Crippen LogP contribution in [0, 0.1) is 5.92 Å². The maximum atomic E-state index is 10.1. The van der Waals surface area contributed by atoms with Gasteiger partial charge in [-0.05, 0) is 0 Å². The number of ether oxygens (including phenoxy) is 1. The average Bonchev–Trinajstić information content (AvgIpc) is 2.70. The van der Waals surface area contributed by atoms with E-state index in [9.17, 15) is 15.3 Å². The Morgan fingerprint density at radius 2 is 2.06 bits per heavy atom. The van der Waals surface area contributed by atoms with E-state index in [-0.39, 0.29) is 12.0 Å². The highest BCUT2D eigenvalue weighted by atomic mass is 16.7. The summed E-state index contributed by atoms with van der Waals surface area (Å²) in [7, 11) is 1.71. The van der Waals surface area contributed by atoms with Gasteiger partial charge in [0.25, 0.3) is 0 Å². The highest BCUT2D eigenvalue weighted by Gasteiger charge is 2.49. The van der Waals surface area contributed by atoms with Crippen LogP contribution in [0.2, 0.25) is 0 Å². The van der Waals surface area contributed by atoms with Gasteiger partial charge in [0.1, 0.15) is 24.4 Å². The largest absolute Gasteiger partial charge is 0.394 e. The molecular weight excluding hydrogens is 230 g/mol. The van der Waals surface area contributed by atoms with Crippen LogP contribution >= 0.6 is 0 Å². The van der Waals surface area contributed by atoms with Crippen LogP contribution in [0.1, 0.15) is 0 Å². The lowest BCUT2D eigenvalue weighted by Crippen LogP contribution is -2.59. The van der Waals surface area contributed by atoms with Crippen LogP contribution in [0.15, 0.2) is 0 Å². The number of rotatable bonds is 3. The molecule has 0 aromatic heterocycles. The van der Waals surface area contributed by atoms with Gasteiger partial charge in [0.2, 0.25) is 0 Å². The van der Waals surface area contributed by atoms with E-state index < -0.39 is 31.0 Å². The molecular formula is C10H19NO6. The predicted molar refractivity (Wildman–Crippen MR) is 55.8 cm³/mol. The summed E-state index contributed by atoms with van der Waals surface area (Å²) in [4.78, 5) is 5.28. The van der Waals surface area contributed by atoms with Gasteiger partial charge < -0.3 is 25.2 Å². The number of aliphatic hydroxyl groups is 4. The third kappa shape index (κ3) is 2.32. The fraction of sp³-hybridized carbons (Fsp3) is 1.00. The Labute approximate surface area is 99.1 Å². The van der Waals surface area contributed by atoms with E-state index in [1.54, 1.807) is 12.1 Å². The molecule has 2 rings (SSSR count). The summed E-state index contributed by atoms with van der Waals surface area (Å²) in [6.45, 7) is 0.254. The lowest BCUT2D eigenvalue weighted by Gasteiger charge is -2.40. The molecule has 6 atom stereocenters. The highest BCUT2D eigenvalue weighted by Crippen LogP contribution is 2.31. The monoisotopic (exact) mass is 249 g/mol. The van der Waals surface area contributed by atoms with Crippen LogP contribution in [0.5, 0.6) is 0 Å². The van der Waals surface area contributed by atoms with Crippen LogP contribution in [-0.2, 0) is 9.57 Å². The van der Waals surface area contributed by atoms with Crippen LogP contribution in [0.25, 0.3) is 0 Å². The SMILES string of the molecule is CN1OC[C@@H]2CO[C@@H]([C@H](O)[C@H](O)CO)[C@H](O)[C@H]21. The molecule has 0 aromatic carbocycles. The fourth-order valence-electron chi connectivity index (χ4n) is 2.49. The Balaban J connectivity index is 2.05. The van der Waals surface area contributed by atoms with Crippen molar-refractivity contribution in [3.63, 3.8) is 0 Å². The van der Waals surface area contributed by atoms with Crippen molar-refractivity contribution in [3.8, 4) is 0 Å². The van der Waals surface area contributed by atoms with Gasteiger partial charge in [-0.15, -0.1) is 0 Å². The molecule has 0 aliphatic carbocycles. The van der Waals surface area contributed by atoms with Gasteiger partial charge in [0.05, 0.1) is 25.9 Å². The molecule has 0 saturated carbocycles. The van der Waals surface area contributed by atoms with Gasteiger partial charge in [0, 0.05) is 13.0 Å². The minimum atomic E-state index is -1.32. The van der Waals surface area contributed by atoms with E-state index in [2.05, 4.69) is 0 Å². The number of hydrogen-bond acceptors (Lipinski definition) is 7. The molecule has 2 heterocycles. The maximum absolute atomic E-state index is 10.1. The molecule has 0 spiro atoms. The molecule has 4 N–H and O–H groups in total. The second-order valence-corrected chi connectivity index (χ2v) is 4.62. The Hall–Kier alpha value is -0.280. The van der Waals surface area contributed by atoms with Crippen molar-refractivity contribution in [1.82, 2.24) is 5.06 Å². The third-order valence-electron chi connectivity index (χ3n) is 3.50. The van der Waals surface area contributed by atoms with Crippen LogP contribution < -0.4 is 0 Å². The molecule has 2 aliphatic heterocycles. The zero-order chi connectivity index (χ0) is 12.6. The summed E-state index contributed by atoms with van der Waals surface area (Å²) in [5, 5.41) is 39.6. The minimum Gasteiger partial charge on any atom is -0.394 e. The zero-order valence-electron chi connectivity index (χ0n) is 9.64. The molecule has 7 nitrogen and oxygen atoms in total. The first-order valence-electron chi connectivity index (χ1n) is 5.68. The molecule has 0 unspecified atom stereocenters. The fourth-order valence-corrected chi connectivity index (χ4v) is 2.49. The number of likely N-dealkylation sites (N-methyl/N-ethyl adjacent to an activating group) is 1. The third-order valence-corrected chi connectivity index (χ3v) is 3.50. The van der Waals surface area contributed by atoms with Gasteiger partial charge in [-0.2, -0.15) is 5.06 Å². The van der Waals surface area contributed by atoms with Crippen molar-refractivity contribution in [1.29, 1.82) is 0 Å². The summed E-state index contributed by atoms with van der Waals surface area (Å²) in [6.07, 6.45) is -4.51. The predicted octanol–water partition coefficient (Wildman–Crippen LogP) is -2.68. The van der Waals surface area contributed by atoms with Crippen molar-refractivity contribution in [3.05, 3.63) is 0 Å². The molecule has 2 saturated heterocycles. The molecule has 0 radical (unpaired) electrons. The van der Waals surface area contributed by atoms with E-state index in [4.69, 9.17) is 14.7 Å². The summed E-state index contributed by atoms with van der Waals surface area (Å²) >= 11 is 0. The number of aliphatic hydroxyl groups excluding tert-OH is 4. The first-order valence-corrected chi connectivity index (χ1v) is 5.68. The lowest BCUT2D eigenvalue weighted by molar-refractivity contribution is -0.202. The van der Waals surface area contributed by atoms with Gasteiger partial charge in [-0.25, -0.2) is 0 Å². The molecule has 0 amide bonds. The van der Waals surface area contributed by atoms with Crippen molar-refractivity contribution < 1.29 is 30.0 Å². The topological polar surface area (TPSA) is 103 Å². The van der Waals surface area contributed by atoms with E-state index in [0.29, 0.717) is 13.2 Å². The summed E-state index contributed by atoms with van der Waals surface area (Å²) in [6, 6.07) is -0.255. The Kier molecular flexibility index (Phi) is 3.99. The van der Waals surface area contributed by atoms with E-state index in [1.165, 1.54) is 0 Å². The maximum Gasteiger partial charge on any atom is 0.113 e. The van der Waals surface area contributed by atoms with E-state index in [1.807, 2.05) is 0 Å². The first kappa shape index (κ1) is 13.2. The van der Waals surface area contributed by atoms with Gasteiger partial charge in [-0.3, -0.25) is 4.84 Å². The quantitative estimate of drug-likeness (QED) is 0.432. The second kappa shape index (κ2) is 5.15. The van der Waals surface area contributed by atoms with Crippen molar-refractivity contribution in [2.45, 2.75) is 30.5 Å². The van der Waals surface area contributed by atoms with Crippen molar-refractivity contribution >= 4 is 0 Å². The summed E-state index contributed by atoms with van der Waals surface area (Å²) in [5.74, 6) is 0.0599. The normalized spacial score (nSPS) is 42.2. The van der Waals surface area contributed by atoms with Crippen molar-refractivity contribution in [2.24, 2.45) is 5.92 Å². The molecule has 7 heteroatoms. The Bertz CT molecular complexity index is 265. The first-order chi connectivity index (χ1) is 8.06. The Morgan fingerprint density at radius 1 is 1.35 bits per heavy atom. The number of hydroxylamine groups is 2. The van der Waals surface area contributed by atoms with Gasteiger partial charge >= 0.3 is 0 Å². The Morgan fingerprint density at radius 3 is 2.71 bits per heavy atom. The molecule has 2 fully saturated rings. The summed E-state index contributed by atoms with van der Waals surface area (Å²) in [5.41, 5.74) is 0.